The van der Waals surface area contributed by atoms with Gasteiger partial charge in [-0.2, -0.15) is 0 Å². The van der Waals surface area contributed by atoms with Crippen LogP contribution >= 0.6 is 11.6 Å². The van der Waals surface area contributed by atoms with E-state index in [1.165, 1.54) is 83.7 Å². The molecule has 0 bridgehead atoms. The second-order valence-electron chi connectivity index (χ2n) is 41.1. The number of halogens is 1. The van der Waals surface area contributed by atoms with Gasteiger partial charge in [-0.3, -0.25) is 24.7 Å². The van der Waals surface area contributed by atoms with Crippen LogP contribution in [-0.4, -0.2) is 148 Å². The Labute approximate surface area is 807 Å². The van der Waals surface area contributed by atoms with E-state index in [4.69, 9.17) is 74.9 Å². The minimum Gasteiger partial charge on any atom is -0.361 e. The average molecular weight is 1850 g/mol. The van der Waals surface area contributed by atoms with Gasteiger partial charge >= 0.3 is 0 Å². The van der Waals surface area contributed by atoms with E-state index >= 15 is 0 Å². The second-order valence-corrected chi connectivity index (χ2v) is 41.5. The van der Waals surface area contributed by atoms with Crippen LogP contribution in [-0.2, 0) is 77.5 Å². The van der Waals surface area contributed by atoms with Crippen LogP contribution in [0, 0.1) is 41.4 Å². The minimum atomic E-state index is -0.428. The first-order valence-electron chi connectivity index (χ1n) is 49.2. The van der Waals surface area contributed by atoms with E-state index in [1.807, 2.05) is 85.6 Å². The molecule has 5 saturated heterocycles. The van der Waals surface area contributed by atoms with Gasteiger partial charge in [-0.25, -0.2) is 39.9 Å². The summed E-state index contributed by atoms with van der Waals surface area (Å²) in [7, 11) is 0. The first kappa shape index (κ1) is 94.2. The molecule has 3 saturated carbocycles. The van der Waals surface area contributed by atoms with Crippen LogP contribution in [0.1, 0.15) is 250 Å². The van der Waals surface area contributed by atoms with Crippen LogP contribution in [0.5, 0.6) is 0 Å². The molecule has 0 radical (unpaired) electrons. The maximum Gasteiger partial charge on any atom is 0.171 e. The number of rotatable bonds is 7. The molecule has 0 amide bonds. The molecule has 8 fully saturated rings. The molecular formula is C113H135ClN16O6. The van der Waals surface area contributed by atoms with E-state index < -0.39 is 11.6 Å². The molecule has 12 atom stereocenters. The van der Waals surface area contributed by atoms with Crippen molar-refractivity contribution in [2.24, 2.45) is 41.4 Å². The Morgan fingerprint density at radius 2 is 0.684 bits per heavy atom. The highest BCUT2D eigenvalue weighted by Crippen LogP contribution is 2.62. The zero-order chi connectivity index (χ0) is 89.6. The van der Waals surface area contributed by atoms with Crippen molar-refractivity contribution in [2.45, 2.75) is 259 Å². The average Bonchev–Trinajstić information content (AvgIpc) is 1.19. The molecule has 4 aromatic carbocycles. The van der Waals surface area contributed by atoms with E-state index in [-0.39, 0.29) is 57.3 Å². The topological polar surface area (TPSA) is 244 Å². The third-order valence-corrected chi connectivity index (χ3v) is 34.6. The van der Waals surface area contributed by atoms with Crippen LogP contribution < -0.4 is 14.7 Å². The smallest absolute Gasteiger partial charge is 0.171 e. The molecule has 2 spiro atoms. The Kier molecular flexibility index (Phi) is 25.8. The lowest BCUT2D eigenvalue weighted by atomic mass is 9.55. The van der Waals surface area contributed by atoms with Gasteiger partial charge in [-0.05, 0) is 188 Å². The summed E-state index contributed by atoms with van der Waals surface area (Å²) in [6, 6.07) is 41.2. The SMILES string of the molecule is C.C.C.C.C[C@@H]1[C@H]2CCc3c(Cl)nc(-c4ccnc5ccccc45)nc3[C@]2(C)CCC12OCCO2.C[C@@H]1[C@H]2CCc3c(N4CCCC4)nc(-c4ccnc5ccccc45)nc3[C@]2(C)CCC12OCCO2.C[C@H]1C(=O)CC[C@@]2(C)c3nc(-c4ccnc5ccccc45)nc(N4CCCC4)c3CC[C@H]12.C[C@H]1c2oncc2C[C@@]2(C)c3nc(-c4ccnc5ccccc45)nc(N4CCCC4)c3CC[C@H]12. The van der Waals surface area contributed by atoms with Crippen LogP contribution in [0.25, 0.3) is 89.2 Å². The molecule has 14 heterocycles. The van der Waals surface area contributed by atoms with Crippen molar-refractivity contribution in [1.29, 1.82) is 0 Å². The molecule has 136 heavy (non-hydrogen) atoms. The lowest BCUT2D eigenvalue weighted by molar-refractivity contribution is -0.234. The van der Waals surface area contributed by atoms with E-state index in [0.717, 1.165) is 241 Å². The second kappa shape index (κ2) is 37.2. The number of ketones is 1. The highest BCUT2D eigenvalue weighted by molar-refractivity contribution is 6.30. The summed E-state index contributed by atoms with van der Waals surface area (Å²) in [6.07, 6.45) is 31.3. The number of Topliss-reactive ketones (excluding diaryl/α,β-unsaturated/α-hetero) is 1. The fourth-order valence-corrected chi connectivity index (χ4v) is 27.5. The fourth-order valence-electron chi connectivity index (χ4n) is 27.3. The monoisotopic (exact) mass is 1850 g/mol. The summed E-state index contributed by atoms with van der Waals surface area (Å²) in [5.41, 5.74) is 19.0. The number of fused-ring (bicyclic) bond motifs is 17. The summed E-state index contributed by atoms with van der Waals surface area (Å²) in [6.45, 7) is 27.9. The van der Waals surface area contributed by atoms with Gasteiger partial charge in [0.1, 0.15) is 34.2 Å². The van der Waals surface area contributed by atoms with Gasteiger partial charge in [0.2, 0.25) is 0 Å². The lowest BCUT2D eigenvalue weighted by Crippen LogP contribution is -2.55. The quantitative estimate of drug-likeness (QED) is 0.135. The maximum absolute atomic E-state index is 12.6. The van der Waals surface area contributed by atoms with E-state index in [1.54, 1.807) is 0 Å². The van der Waals surface area contributed by atoms with Gasteiger partial charge < -0.3 is 38.2 Å². The van der Waals surface area contributed by atoms with Gasteiger partial charge in [0.15, 0.2) is 34.9 Å². The number of anilines is 3. The standard InChI is InChI=1S/C29H34N4O2.C28H29N5O.C27H30N4O.C25H26ClN3O2.4CH4/c1-19-23-10-9-22-25(28(23,2)12-13-29(19)34-17-18-35-29)31-26(32-27(22)33-15-5-6-16-33)21-11-14-30-24-8-4-3-7-20(21)24;1-17-22-10-9-21-25(28(22,2)15-18-16-30-34-24(17)18)31-26(32-27(21)33-13-5-6-14-33)20-11-12-29-23-8-4-3-7-19(20)23;1-17-21-10-9-20-24(27(21,2)13-11-23(17)32)29-25(30-26(20)31-15-5-6-16-31)19-12-14-28-22-8-4-3-7-18(19)22;1-15-19-8-7-18-21(24(19,2)10-11-25(15)30-13-14-31-25)28-23(29-22(18)26)17-9-12-27-20-6-4-3-5-16(17)20;;;;/h3-4,7-8,11,14,19,23H,5-6,9-10,12-13,15-18H2,1-2H3;3-4,7-8,11-12,16-17,22H,5-6,9-10,13-15H2,1-2H3;3-4,7-8,12,14,17,21H,5-6,9-11,13,15-16H2,1-2H3;3-6,9,12,15,19H,7-8,10-11,13-14H2,1-2H3;4*1H4/t19-,23-,28-;17-,22-,28-;17-,21-,27-;15-,19-,24-;;;;/m1111..../s1. The van der Waals surface area contributed by atoms with Crippen molar-refractivity contribution in [3.05, 3.63) is 214 Å². The Morgan fingerprint density at radius 3 is 1.07 bits per heavy atom. The van der Waals surface area contributed by atoms with Crippen LogP contribution in [0.15, 0.2) is 157 Å². The van der Waals surface area contributed by atoms with Gasteiger partial charge in [-0.15, -0.1) is 0 Å². The van der Waals surface area contributed by atoms with Crippen molar-refractivity contribution in [2.75, 3.05) is 80.4 Å². The van der Waals surface area contributed by atoms with E-state index in [2.05, 4.69) is 162 Å². The summed E-state index contributed by atoms with van der Waals surface area (Å²) in [5.74, 6) is 10.1. The summed E-state index contributed by atoms with van der Waals surface area (Å²) in [4.78, 5) is 80.1. The Hall–Kier alpha value is -10.8. The Bertz CT molecular complexity index is 6640. The molecule has 0 N–H and O–H groups in total. The molecule has 23 heteroatoms. The van der Waals surface area contributed by atoms with Crippen LogP contribution in [0.2, 0.25) is 5.15 Å². The first-order valence-corrected chi connectivity index (χ1v) is 49.6. The lowest BCUT2D eigenvalue weighted by Gasteiger charge is -2.54. The molecule has 26 rings (SSSR count). The number of para-hydroxylation sites is 4. The first-order chi connectivity index (χ1) is 64.3. The number of benzene rings is 4. The molecule has 5 aliphatic heterocycles. The van der Waals surface area contributed by atoms with E-state index in [0.29, 0.717) is 91.0 Å². The number of carbonyl (C=O) groups excluding carboxylic acids is 1. The summed E-state index contributed by atoms with van der Waals surface area (Å²) < 4.78 is 30.5. The van der Waals surface area contributed by atoms with Crippen molar-refractivity contribution >= 4 is 78.4 Å². The summed E-state index contributed by atoms with van der Waals surface area (Å²) >= 11 is 6.78. The third-order valence-electron chi connectivity index (χ3n) is 34.3. The van der Waals surface area contributed by atoms with Crippen molar-refractivity contribution in [3.63, 3.8) is 0 Å². The van der Waals surface area contributed by atoms with Gasteiger partial charge in [0.25, 0.3) is 0 Å². The Morgan fingerprint density at radius 1 is 0.360 bits per heavy atom. The Balaban J connectivity index is 0.000000115. The molecule has 13 aromatic rings. The summed E-state index contributed by atoms with van der Waals surface area (Å²) in [5, 5.41) is 9.09. The number of pyridine rings is 4. The van der Waals surface area contributed by atoms with Gasteiger partial charge in [0, 0.05) is 200 Å². The molecule has 13 aliphatic rings. The minimum absolute atomic E-state index is 0. The van der Waals surface area contributed by atoms with Crippen molar-refractivity contribution in [1.82, 2.24) is 65.0 Å². The molecular weight excluding hydrogens is 1710 g/mol. The highest BCUT2D eigenvalue weighted by atomic mass is 35.5. The predicted octanol–water partition coefficient (Wildman–Crippen LogP) is 23.7. The molecule has 8 aliphatic carbocycles. The van der Waals surface area contributed by atoms with Crippen LogP contribution in [0.4, 0.5) is 17.5 Å². The highest BCUT2D eigenvalue weighted by Gasteiger charge is 2.61. The normalized spacial score (nSPS) is 27.1. The third kappa shape index (κ3) is 15.6. The van der Waals surface area contributed by atoms with E-state index in [9.17, 15) is 4.79 Å². The molecule has 22 nitrogen and oxygen atoms in total. The molecule has 0 unspecified atom stereocenters. The van der Waals surface area contributed by atoms with Gasteiger partial charge in [-0.1, -0.05) is 175 Å². The molecule has 9 aromatic heterocycles. The van der Waals surface area contributed by atoms with Crippen molar-refractivity contribution < 1.29 is 28.3 Å². The van der Waals surface area contributed by atoms with Crippen LogP contribution in [0.3, 0.4) is 0 Å². The number of aromatic nitrogens is 13. The number of ether oxygens (including phenoxy) is 4. The number of carbonyl (C=O) groups is 1. The maximum atomic E-state index is 12.6. The zero-order valence-corrected chi connectivity index (χ0v) is 78.2. The number of hydrogen-bond donors (Lipinski definition) is 0. The number of hydrogen-bond acceptors (Lipinski definition) is 22. The fraction of sp³-hybridized carbons (Fsp3) is 0.504. The largest absolute Gasteiger partial charge is 0.361 e. The predicted molar refractivity (Wildman–Crippen MR) is 542 cm³/mol. The molecule has 710 valence electrons. The zero-order valence-electron chi connectivity index (χ0n) is 77.5. The van der Waals surface area contributed by atoms with Gasteiger partial charge in [0.05, 0.1) is 77.5 Å². The van der Waals surface area contributed by atoms with Crippen molar-refractivity contribution in [3.8, 4) is 45.6 Å². The number of nitrogens with zero attached hydrogens (tertiary/aromatic N) is 16.